The molecular weight excluding hydrogens is 360 g/mol. The maximum atomic E-state index is 11.7. The lowest BCUT2D eigenvalue weighted by Gasteiger charge is -2.05. The number of rotatable bonds is 3. The number of aryl methyl sites for hydroxylation is 1. The van der Waals surface area contributed by atoms with Crippen molar-refractivity contribution in [2.75, 3.05) is 0 Å². The number of nitrogens with one attached hydrogen (secondary N) is 1. The van der Waals surface area contributed by atoms with Crippen molar-refractivity contribution in [1.29, 1.82) is 0 Å². The molecule has 1 heterocycles. The van der Waals surface area contributed by atoms with E-state index in [9.17, 15) is 4.79 Å². The highest BCUT2D eigenvalue weighted by Gasteiger charge is 2.07. The highest BCUT2D eigenvalue weighted by atomic mass is 79.9. The monoisotopic (exact) mass is 370 g/mol. The minimum atomic E-state index is -0.119. The fraction of sp³-hybridized carbons (Fsp3) is 0.231. The predicted octanol–water partition coefficient (Wildman–Crippen LogP) is 3.45. The molecule has 1 N–H and O–H groups in total. The molecule has 0 atom stereocenters. The van der Waals surface area contributed by atoms with Crippen LogP contribution in [0.5, 0.6) is 0 Å². The summed E-state index contributed by atoms with van der Waals surface area (Å²) in [6.07, 6.45) is 1.35. The molecule has 0 unspecified atom stereocenters. The molecule has 2 rings (SSSR count). The lowest BCUT2D eigenvalue weighted by atomic mass is 10.1. The Hall–Kier alpha value is -0.940. The third-order valence-electron chi connectivity index (χ3n) is 2.58. The van der Waals surface area contributed by atoms with Gasteiger partial charge < -0.3 is 4.98 Å². The second kappa shape index (κ2) is 5.80. The fourth-order valence-electron chi connectivity index (χ4n) is 1.72. The largest absolute Gasteiger partial charge is 0.309 e. The van der Waals surface area contributed by atoms with Gasteiger partial charge in [0.15, 0.2) is 0 Å². The third-order valence-corrected chi connectivity index (χ3v) is 3.89. The van der Waals surface area contributed by atoms with Gasteiger partial charge in [0.1, 0.15) is 10.3 Å². The summed E-state index contributed by atoms with van der Waals surface area (Å²) in [6.45, 7) is 1.98. The fourth-order valence-corrected chi connectivity index (χ4v) is 2.63. The molecule has 0 saturated heterocycles. The molecule has 0 aliphatic heterocycles. The zero-order valence-electron chi connectivity index (χ0n) is 9.84. The van der Waals surface area contributed by atoms with Gasteiger partial charge >= 0.3 is 0 Å². The highest BCUT2D eigenvalue weighted by molar-refractivity contribution is 9.10. The molecule has 94 valence electrons. The highest BCUT2D eigenvalue weighted by Crippen LogP contribution is 2.15. The summed E-state index contributed by atoms with van der Waals surface area (Å²) in [4.78, 5) is 19.0. The minimum absolute atomic E-state index is 0.119. The van der Waals surface area contributed by atoms with Gasteiger partial charge in [-0.2, -0.15) is 0 Å². The van der Waals surface area contributed by atoms with E-state index in [2.05, 4.69) is 41.8 Å². The van der Waals surface area contributed by atoms with E-state index in [1.54, 1.807) is 0 Å². The van der Waals surface area contributed by atoms with Crippen LogP contribution in [0.25, 0.3) is 0 Å². The molecule has 0 saturated carbocycles. The summed E-state index contributed by atoms with van der Waals surface area (Å²) in [5, 5.41) is 0. The summed E-state index contributed by atoms with van der Waals surface area (Å²) >= 11 is 6.69. The Balaban J connectivity index is 2.35. The first-order valence-electron chi connectivity index (χ1n) is 5.62. The van der Waals surface area contributed by atoms with Crippen molar-refractivity contribution < 1.29 is 0 Å². The second-order valence-electron chi connectivity index (χ2n) is 3.93. The normalized spacial score (nSPS) is 10.6. The van der Waals surface area contributed by atoms with Gasteiger partial charge in [-0.1, -0.05) is 35.0 Å². The number of nitrogens with zero attached hydrogens (tertiary/aromatic N) is 1. The van der Waals surface area contributed by atoms with Crippen LogP contribution in [0, 0.1) is 0 Å². The van der Waals surface area contributed by atoms with Gasteiger partial charge in [-0.25, -0.2) is 4.98 Å². The van der Waals surface area contributed by atoms with Crippen LogP contribution in [-0.2, 0) is 12.8 Å². The van der Waals surface area contributed by atoms with E-state index in [4.69, 9.17) is 0 Å². The van der Waals surface area contributed by atoms with Crippen molar-refractivity contribution in [3.8, 4) is 0 Å². The summed E-state index contributed by atoms with van der Waals surface area (Å²) in [5.41, 5.74) is 1.78. The summed E-state index contributed by atoms with van der Waals surface area (Å²) in [5.74, 6) is 0.693. The minimum Gasteiger partial charge on any atom is -0.309 e. The van der Waals surface area contributed by atoms with E-state index >= 15 is 0 Å². The molecule has 3 nitrogen and oxygen atoms in total. The van der Waals surface area contributed by atoms with Crippen LogP contribution < -0.4 is 5.56 Å². The lowest BCUT2D eigenvalue weighted by Crippen LogP contribution is -2.15. The van der Waals surface area contributed by atoms with E-state index in [0.717, 1.165) is 22.2 Å². The Morgan fingerprint density at radius 1 is 1.33 bits per heavy atom. The van der Waals surface area contributed by atoms with Gasteiger partial charge in [-0.15, -0.1) is 0 Å². The third kappa shape index (κ3) is 3.09. The number of H-pyrrole nitrogens is 1. The summed E-state index contributed by atoms with van der Waals surface area (Å²) in [6, 6.07) is 7.97. The summed E-state index contributed by atoms with van der Waals surface area (Å²) < 4.78 is 1.55. The van der Waals surface area contributed by atoms with E-state index in [0.29, 0.717) is 16.7 Å². The Bertz CT molecular complexity index is 623. The smallest absolute Gasteiger partial charge is 0.265 e. The van der Waals surface area contributed by atoms with Gasteiger partial charge in [0.25, 0.3) is 5.56 Å². The van der Waals surface area contributed by atoms with Crippen molar-refractivity contribution in [3.63, 3.8) is 0 Å². The molecule has 1 aromatic heterocycles. The number of hydrogen-bond acceptors (Lipinski definition) is 2. The molecule has 0 aliphatic carbocycles. The van der Waals surface area contributed by atoms with Crippen LogP contribution in [0.3, 0.4) is 0 Å². The average molecular weight is 372 g/mol. The molecule has 1 aromatic carbocycles. The van der Waals surface area contributed by atoms with Crippen LogP contribution in [0.15, 0.2) is 38.0 Å². The Kier molecular flexibility index (Phi) is 4.35. The lowest BCUT2D eigenvalue weighted by molar-refractivity contribution is 0.876. The number of aromatic amines is 1. The topological polar surface area (TPSA) is 45.8 Å². The van der Waals surface area contributed by atoms with Crippen molar-refractivity contribution in [1.82, 2.24) is 9.97 Å². The van der Waals surface area contributed by atoms with Gasteiger partial charge in [0, 0.05) is 10.9 Å². The SMILES string of the molecule is CCc1nc(Cc2cccc(Br)c2)[nH]c(=O)c1Br. The number of hydrogen-bond donors (Lipinski definition) is 1. The summed E-state index contributed by atoms with van der Waals surface area (Å²) in [7, 11) is 0. The molecule has 0 spiro atoms. The molecule has 5 heteroatoms. The van der Waals surface area contributed by atoms with Crippen LogP contribution >= 0.6 is 31.9 Å². The molecule has 0 fully saturated rings. The number of halogens is 2. The predicted molar refractivity (Wildman–Crippen MR) is 78.9 cm³/mol. The molecular formula is C13H12Br2N2O. The number of benzene rings is 1. The van der Waals surface area contributed by atoms with E-state index in [-0.39, 0.29) is 5.56 Å². The van der Waals surface area contributed by atoms with Crippen LogP contribution in [0.1, 0.15) is 24.0 Å². The van der Waals surface area contributed by atoms with Crippen LogP contribution in [0.2, 0.25) is 0 Å². The van der Waals surface area contributed by atoms with Crippen LogP contribution in [0.4, 0.5) is 0 Å². The standard InChI is InChI=1S/C13H12Br2N2O/c1-2-10-12(15)13(18)17-11(16-10)7-8-4-3-5-9(14)6-8/h3-6H,2,7H2,1H3,(H,16,17,18). The van der Waals surface area contributed by atoms with E-state index < -0.39 is 0 Å². The molecule has 18 heavy (non-hydrogen) atoms. The van der Waals surface area contributed by atoms with Crippen molar-refractivity contribution in [2.45, 2.75) is 19.8 Å². The number of aromatic nitrogens is 2. The van der Waals surface area contributed by atoms with Gasteiger partial charge in [0.05, 0.1) is 5.69 Å². The van der Waals surface area contributed by atoms with Crippen LogP contribution in [-0.4, -0.2) is 9.97 Å². The zero-order valence-corrected chi connectivity index (χ0v) is 13.0. The maximum Gasteiger partial charge on any atom is 0.265 e. The Morgan fingerprint density at radius 3 is 2.78 bits per heavy atom. The van der Waals surface area contributed by atoms with Crippen molar-refractivity contribution in [2.24, 2.45) is 0 Å². The molecule has 0 amide bonds. The first kappa shape index (κ1) is 13.5. The second-order valence-corrected chi connectivity index (χ2v) is 5.64. The van der Waals surface area contributed by atoms with Gasteiger partial charge in [0.2, 0.25) is 0 Å². The van der Waals surface area contributed by atoms with Gasteiger partial charge in [-0.3, -0.25) is 4.79 Å². The average Bonchev–Trinajstić information content (AvgIpc) is 2.33. The Labute approximate surface area is 122 Å². The van der Waals surface area contributed by atoms with E-state index in [1.165, 1.54) is 0 Å². The molecule has 0 bridgehead atoms. The molecule has 0 aliphatic rings. The molecule has 0 radical (unpaired) electrons. The first-order chi connectivity index (χ1) is 8.60. The zero-order chi connectivity index (χ0) is 13.1. The van der Waals surface area contributed by atoms with Gasteiger partial charge in [-0.05, 0) is 40.0 Å². The van der Waals surface area contributed by atoms with Crippen molar-refractivity contribution in [3.05, 3.63) is 60.6 Å². The van der Waals surface area contributed by atoms with E-state index in [1.807, 2.05) is 31.2 Å². The quantitative estimate of drug-likeness (QED) is 0.898. The maximum absolute atomic E-state index is 11.7. The first-order valence-corrected chi connectivity index (χ1v) is 7.20. The Morgan fingerprint density at radius 2 is 2.11 bits per heavy atom. The van der Waals surface area contributed by atoms with Crippen molar-refractivity contribution >= 4 is 31.9 Å². The molecule has 2 aromatic rings.